The van der Waals surface area contributed by atoms with E-state index in [1.165, 1.54) is 0 Å². The van der Waals surface area contributed by atoms with Crippen LogP contribution in [0.3, 0.4) is 0 Å². The second-order valence-corrected chi connectivity index (χ2v) is 8.59. The summed E-state index contributed by atoms with van der Waals surface area (Å²) in [5.41, 5.74) is 0. The third kappa shape index (κ3) is 10.8. The average molecular weight is 520 g/mol. The Morgan fingerprint density at radius 2 is 1.81 bits per heavy atom. The summed E-state index contributed by atoms with van der Waals surface area (Å²) in [7, 11) is -1.50. The van der Waals surface area contributed by atoms with Gasteiger partial charge in [0.15, 0.2) is 5.96 Å². The Labute approximate surface area is 182 Å². The first-order chi connectivity index (χ1) is 12.4. The van der Waals surface area contributed by atoms with Crippen LogP contribution in [0.4, 0.5) is 0 Å². The maximum atomic E-state index is 12.4. The van der Waals surface area contributed by atoms with Crippen LogP contribution >= 0.6 is 24.0 Å². The minimum atomic E-state index is -3.26. The van der Waals surface area contributed by atoms with Crippen molar-refractivity contribution < 1.29 is 17.9 Å². The molecular weight excluding hydrogens is 483 g/mol. The topological polar surface area (TPSA) is 83.5 Å². The molecule has 27 heavy (non-hydrogen) atoms. The van der Waals surface area contributed by atoms with E-state index < -0.39 is 10.0 Å². The molecule has 0 atom stereocenters. The van der Waals surface area contributed by atoms with Gasteiger partial charge >= 0.3 is 0 Å². The predicted octanol–water partition coefficient (Wildman–Crippen LogP) is 1.37. The summed E-state index contributed by atoms with van der Waals surface area (Å²) in [5.74, 6) is 0.874. The van der Waals surface area contributed by atoms with Gasteiger partial charge in [-0.2, -0.15) is 4.31 Å². The molecule has 0 aromatic heterocycles. The quantitative estimate of drug-likeness (QED) is 0.192. The second-order valence-electron chi connectivity index (χ2n) is 6.50. The van der Waals surface area contributed by atoms with E-state index in [2.05, 4.69) is 15.2 Å². The molecule has 0 saturated carbocycles. The monoisotopic (exact) mass is 520 g/mol. The van der Waals surface area contributed by atoms with Gasteiger partial charge in [0, 0.05) is 53.0 Å². The Kier molecular flexibility index (Phi) is 14.7. The van der Waals surface area contributed by atoms with Gasteiger partial charge in [-0.05, 0) is 33.6 Å². The highest BCUT2D eigenvalue weighted by Crippen LogP contribution is 2.09. The van der Waals surface area contributed by atoms with Gasteiger partial charge in [0.05, 0.1) is 18.5 Å². The second kappa shape index (κ2) is 14.8. The van der Waals surface area contributed by atoms with Crippen LogP contribution in [0.2, 0.25) is 0 Å². The normalized spacial score (nSPS) is 16.5. The molecule has 1 aliphatic heterocycles. The van der Waals surface area contributed by atoms with Crippen LogP contribution in [-0.2, 0) is 19.5 Å². The van der Waals surface area contributed by atoms with Crippen molar-refractivity contribution in [3.8, 4) is 0 Å². The number of aliphatic imine (C=N–C) groups is 1. The summed E-state index contributed by atoms with van der Waals surface area (Å²) in [6, 6.07) is 0. The van der Waals surface area contributed by atoms with Crippen molar-refractivity contribution in [2.24, 2.45) is 4.99 Å². The average Bonchev–Trinajstić information content (AvgIpc) is 2.61. The maximum absolute atomic E-state index is 12.4. The van der Waals surface area contributed by atoms with Crippen LogP contribution in [0.15, 0.2) is 4.99 Å². The first-order valence-corrected chi connectivity index (χ1v) is 11.1. The van der Waals surface area contributed by atoms with E-state index in [-0.39, 0.29) is 42.4 Å². The van der Waals surface area contributed by atoms with Gasteiger partial charge in [0.2, 0.25) is 10.0 Å². The molecule has 0 aliphatic carbocycles. The summed E-state index contributed by atoms with van der Waals surface area (Å²) in [6.45, 7) is 10.7. The zero-order valence-corrected chi connectivity index (χ0v) is 20.3. The predicted molar refractivity (Wildman–Crippen MR) is 121 cm³/mol. The zero-order chi connectivity index (χ0) is 19.4. The fraction of sp³-hybridized carbons (Fsp3) is 0.941. The SMILES string of the molecule is CCOCCCCNC(=NC)N1CCN(S(=O)(=O)CCOC(C)C)CC1.I. The van der Waals surface area contributed by atoms with Gasteiger partial charge < -0.3 is 19.7 Å². The third-order valence-corrected chi connectivity index (χ3v) is 5.97. The van der Waals surface area contributed by atoms with Crippen molar-refractivity contribution in [1.29, 1.82) is 0 Å². The maximum Gasteiger partial charge on any atom is 0.216 e. The lowest BCUT2D eigenvalue weighted by atomic mass is 10.3. The molecule has 0 aromatic carbocycles. The highest BCUT2D eigenvalue weighted by atomic mass is 127. The van der Waals surface area contributed by atoms with Gasteiger partial charge in [-0.25, -0.2) is 8.42 Å². The summed E-state index contributed by atoms with van der Waals surface area (Å²) < 4.78 is 37.0. The number of hydrogen-bond acceptors (Lipinski definition) is 5. The molecule has 162 valence electrons. The fourth-order valence-electron chi connectivity index (χ4n) is 2.70. The third-order valence-electron chi connectivity index (χ3n) is 4.14. The van der Waals surface area contributed by atoms with Gasteiger partial charge in [-0.3, -0.25) is 4.99 Å². The Bertz CT molecular complexity index is 509. The number of halogens is 1. The van der Waals surface area contributed by atoms with Crippen molar-refractivity contribution in [2.75, 3.05) is 65.3 Å². The molecule has 1 saturated heterocycles. The molecule has 0 bridgehead atoms. The van der Waals surface area contributed by atoms with Gasteiger partial charge in [-0.1, -0.05) is 0 Å². The molecule has 1 N–H and O–H groups in total. The van der Waals surface area contributed by atoms with Crippen LogP contribution in [0.5, 0.6) is 0 Å². The Morgan fingerprint density at radius 3 is 2.37 bits per heavy atom. The number of guanidine groups is 1. The van der Waals surface area contributed by atoms with Gasteiger partial charge in [-0.15, -0.1) is 24.0 Å². The number of hydrogen-bond donors (Lipinski definition) is 1. The van der Waals surface area contributed by atoms with Crippen molar-refractivity contribution >= 4 is 40.0 Å². The van der Waals surface area contributed by atoms with Crippen molar-refractivity contribution in [1.82, 2.24) is 14.5 Å². The summed E-state index contributed by atoms with van der Waals surface area (Å²) in [6.07, 6.45) is 2.08. The largest absolute Gasteiger partial charge is 0.382 e. The van der Waals surface area contributed by atoms with Crippen LogP contribution in [-0.4, -0.2) is 95.0 Å². The minimum Gasteiger partial charge on any atom is -0.382 e. The Hall–Kier alpha value is -0.170. The number of unbranched alkanes of at least 4 members (excludes halogenated alkanes) is 1. The van der Waals surface area contributed by atoms with Crippen LogP contribution in [0.25, 0.3) is 0 Å². The molecule has 10 heteroatoms. The van der Waals surface area contributed by atoms with Crippen LogP contribution < -0.4 is 5.32 Å². The molecule has 1 rings (SSSR count). The minimum absolute atomic E-state index is 0. The molecule has 1 heterocycles. The molecular formula is C17H37IN4O4S. The van der Waals surface area contributed by atoms with E-state index >= 15 is 0 Å². The van der Waals surface area contributed by atoms with E-state index in [0.717, 1.165) is 38.6 Å². The number of nitrogens with zero attached hydrogens (tertiary/aromatic N) is 3. The van der Waals surface area contributed by atoms with Gasteiger partial charge in [0.1, 0.15) is 0 Å². The summed E-state index contributed by atoms with van der Waals surface area (Å²) in [4.78, 5) is 6.42. The molecule has 0 amide bonds. The van der Waals surface area contributed by atoms with Crippen molar-refractivity contribution in [3.05, 3.63) is 0 Å². The lowest BCUT2D eigenvalue weighted by Crippen LogP contribution is -2.54. The van der Waals surface area contributed by atoms with E-state index in [4.69, 9.17) is 9.47 Å². The number of nitrogens with one attached hydrogen (secondary N) is 1. The molecule has 1 fully saturated rings. The standard InChI is InChI=1S/C17H36N4O4S.HI/c1-5-24-13-7-6-8-19-17(18-4)20-9-11-21(12-10-20)26(22,23)15-14-25-16(2)3;/h16H,5-15H2,1-4H3,(H,18,19);1H. The van der Waals surface area contributed by atoms with E-state index in [0.29, 0.717) is 26.2 Å². The van der Waals surface area contributed by atoms with Crippen molar-refractivity contribution in [3.63, 3.8) is 0 Å². The first kappa shape index (κ1) is 26.8. The number of sulfonamides is 1. The highest BCUT2D eigenvalue weighted by molar-refractivity contribution is 14.0. The molecule has 0 radical (unpaired) electrons. The fourth-order valence-corrected chi connectivity index (χ4v) is 3.99. The number of ether oxygens (including phenoxy) is 2. The molecule has 0 spiro atoms. The number of piperazine rings is 1. The van der Waals surface area contributed by atoms with Crippen LogP contribution in [0, 0.1) is 0 Å². The van der Waals surface area contributed by atoms with Gasteiger partial charge in [0.25, 0.3) is 0 Å². The molecule has 0 unspecified atom stereocenters. The smallest absolute Gasteiger partial charge is 0.216 e. The molecule has 1 aliphatic rings. The first-order valence-electron chi connectivity index (χ1n) is 9.53. The van der Waals surface area contributed by atoms with Crippen LogP contribution in [0.1, 0.15) is 33.6 Å². The lowest BCUT2D eigenvalue weighted by Gasteiger charge is -2.35. The van der Waals surface area contributed by atoms with E-state index in [1.807, 2.05) is 20.8 Å². The Morgan fingerprint density at radius 1 is 1.15 bits per heavy atom. The molecule has 8 nitrogen and oxygen atoms in total. The summed E-state index contributed by atoms with van der Waals surface area (Å²) >= 11 is 0. The zero-order valence-electron chi connectivity index (χ0n) is 17.1. The summed E-state index contributed by atoms with van der Waals surface area (Å²) in [5, 5.41) is 3.35. The van der Waals surface area contributed by atoms with E-state index in [1.54, 1.807) is 11.4 Å². The highest BCUT2D eigenvalue weighted by Gasteiger charge is 2.27. The van der Waals surface area contributed by atoms with E-state index in [9.17, 15) is 8.42 Å². The Balaban J connectivity index is 0.00000676. The number of rotatable bonds is 11. The molecule has 0 aromatic rings. The lowest BCUT2D eigenvalue weighted by molar-refractivity contribution is 0.0904. The van der Waals surface area contributed by atoms with Crippen molar-refractivity contribution in [2.45, 2.75) is 39.7 Å².